The summed E-state index contributed by atoms with van der Waals surface area (Å²) in [6.07, 6.45) is 3.31. The molecule has 0 unspecified atom stereocenters. The molecule has 324 valence electrons. The first-order chi connectivity index (χ1) is 28.6. The second-order valence-corrected chi connectivity index (χ2v) is 18.0. The number of cyclic esters (lactones) is 1. The highest BCUT2D eigenvalue weighted by Crippen LogP contribution is 2.42. The van der Waals surface area contributed by atoms with Gasteiger partial charge in [-0.1, -0.05) is 33.8 Å². The van der Waals surface area contributed by atoms with Gasteiger partial charge in [0.15, 0.2) is 0 Å². The van der Waals surface area contributed by atoms with Crippen LogP contribution in [0.2, 0.25) is 0 Å². The minimum atomic E-state index is -1.03. The molecule has 1 aromatic carbocycles. The smallest absolute Gasteiger partial charge is 0.324 e. The van der Waals surface area contributed by atoms with Gasteiger partial charge in [0.05, 0.1) is 34.8 Å². The first-order valence-corrected chi connectivity index (χ1v) is 22.1. The van der Waals surface area contributed by atoms with Crippen LogP contribution >= 0.6 is 11.3 Å². The Kier molecular flexibility index (Phi) is 14.0. The van der Waals surface area contributed by atoms with Gasteiger partial charge in [0.25, 0.3) is 5.91 Å². The Hall–Kier alpha value is -4.86. The lowest BCUT2D eigenvalue weighted by Gasteiger charge is -2.37. The number of urea groups is 1. The number of aromatic nitrogens is 3. The lowest BCUT2D eigenvalue weighted by atomic mass is 9.84. The van der Waals surface area contributed by atoms with E-state index < -0.39 is 41.3 Å². The van der Waals surface area contributed by atoms with Gasteiger partial charge in [0.2, 0.25) is 5.91 Å². The zero-order valence-electron chi connectivity index (χ0n) is 36.8. The maximum Gasteiger partial charge on any atom is 0.324 e. The van der Waals surface area contributed by atoms with Gasteiger partial charge < -0.3 is 29.2 Å². The average Bonchev–Trinajstić information content (AvgIpc) is 3.83. The quantitative estimate of drug-likeness (QED) is 0.168. The third kappa shape index (κ3) is 9.23. The molecule has 6 bridgehead atoms. The number of carbonyl (C=O) groups is 4. The molecular formula is C45H62N8O6S. The average molecular weight is 843 g/mol. The van der Waals surface area contributed by atoms with Crippen molar-refractivity contribution in [3.63, 3.8) is 0 Å². The molecule has 0 radical (unpaired) electrons. The van der Waals surface area contributed by atoms with Crippen LogP contribution in [-0.4, -0.2) is 112 Å². The zero-order chi connectivity index (χ0) is 43.5. The Morgan fingerprint density at radius 2 is 1.88 bits per heavy atom. The molecule has 1 fully saturated rings. The van der Waals surface area contributed by atoms with Crippen molar-refractivity contribution in [1.29, 1.82) is 0 Å². The number of ether oxygens (including phenoxy) is 2. The third-order valence-electron chi connectivity index (χ3n) is 11.8. The SMILES string of the molecule is CCN(CC)C(=O)N(C)[C@H](C(=O)N[C@H]1Cc2nc(cs2)-c2ccc3c(c2)c(c(-c2cccnc2[C@H](C)OC)n3CC)CC(C)(C)COC(=O)[C@@H]2CCCN(N2)C1=O)C(C)C. The van der Waals surface area contributed by atoms with Crippen LogP contribution < -0.4 is 10.7 Å². The standard InChI is InChI=1S/C45H62N8O6S/c1-11-51(12-2)44(57)50(9)39(27(4)5)41(54)48-34-23-37-47-35(25-60-37)29-18-19-36-31(22-29)32(40(52(36)13-3)30-16-14-20-46-38(30)28(6)58-10)24-45(7,8)26-59-43(56)33-17-15-21-53(49-33)42(34)55/h14,16,18-20,22,25,27-28,33-34,39,49H,11-13,15,17,21,23-24,26H2,1-10H3,(H,48,54)/t28-,33-,34-,39-/m0/s1. The number of benzene rings is 1. The Labute approximate surface area is 358 Å². The topological polar surface area (TPSA) is 151 Å². The molecule has 2 aliphatic rings. The number of pyridine rings is 1. The summed E-state index contributed by atoms with van der Waals surface area (Å²) in [6.45, 7) is 18.1. The van der Waals surface area contributed by atoms with Crippen molar-refractivity contribution in [2.45, 2.75) is 112 Å². The molecule has 14 nitrogen and oxygen atoms in total. The number of carbonyl (C=O) groups excluding carboxylic acids is 4. The van der Waals surface area contributed by atoms with Crippen LogP contribution in [0.3, 0.4) is 0 Å². The Morgan fingerprint density at radius 3 is 2.57 bits per heavy atom. The van der Waals surface area contributed by atoms with E-state index in [1.807, 2.05) is 46.1 Å². The summed E-state index contributed by atoms with van der Waals surface area (Å²) in [6, 6.07) is 7.56. The minimum absolute atomic E-state index is 0.112. The zero-order valence-corrected chi connectivity index (χ0v) is 37.6. The number of fused-ring (bicyclic) bond motifs is 6. The molecule has 1 saturated heterocycles. The number of nitrogens with one attached hydrogen (secondary N) is 2. The van der Waals surface area contributed by atoms with E-state index >= 15 is 0 Å². The van der Waals surface area contributed by atoms with Crippen molar-refractivity contribution in [3.05, 3.63) is 58.2 Å². The lowest BCUT2D eigenvalue weighted by Crippen LogP contribution is -2.62. The van der Waals surface area contributed by atoms with Crippen LogP contribution in [0.15, 0.2) is 41.9 Å². The van der Waals surface area contributed by atoms with E-state index in [1.165, 1.54) is 21.2 Å². The van der Waals surface area contributed by atoms with E-state index in [0.29, 0.717) is 50.4 Å². The Bertz CT molecular complexity index is 2190. The normalized spacial score (nSPS) is 19.4. The van der Waals surface area contributed by atoms with Gasteiger partial charge in [-0.05, 0) is 82.7 Å². The number of aryl methyl sites for hydroxylation is 1. The van der Waals surface area contributed by atoms with Gasteiger partial charge in [-0.3, -0.25) is 24.4 Å². The summed E-state index contributed by atoms with van der Waals surface area (Å²) < 4.78 is 14.2. The van der Waals surface area contributed by atoms with Crippen LogP contribution in [0, 0.1) is 11.3 Å². The first kappa shape index (κ1) is 44.7. The van der Waals surface area contributed by atoms with Gasteiger partial charge in [0.1, 0.15) is 18.1 Å². The largest absolute Gasteiger partial charge is 0.464 e. The van der Waals surface area contributed by atoms with Crippen LogP contribution in [0.1, 0.15) is 90.6 Å². The molecule has 3 aromatic heterocycles. The van der Waals surface area contributed by atoms with E-state index in [1.54, 1.807) is 25.3 Å². The molecule has 60 heavy (non-hydrogen) atoms. The summed E-state index contributed by atoms with van der Waals surface area (Å²) in [7, 11) is 3.32. The van der Waals surface area contributed by atoms with Gasteiger partial charge in [-0.2, -0.15) is 0 Å². The number of likely N-dealkylation sites (N-methyl/N-ethyl adjacent to an activating group) is 1. The molecule has 0 saturated carbocycles. The molecule has 0 spiro atoms. The fourth-order valence-corrected chi connectivity index (χ4v) is 9.43. The molecule has 15 heteroatoms. The van der Waals surface area contributed by atoms with Gasteiger partial charge in [-0.15, -0.1) is 11.3 Å². The number of esters is 1. The van der Waals surface area contributed by atoms with Gasteiger partial charge in [0, 0.05) is 85.8 Å². The summed E-state index contributed by atoms with van der Waals surface area (Å²) in [4.78, 5) is 69.0. The van der Waals surface area contributed by atoms with Crippen molar-refractivity contribution in [2.75, 3.05) is 40.4 Å². The summed E-state index contributed by atoms with van der Waals surface area (Å²) >= 11 is 1.43. The fourth-order valence-electron chi connectivity index (χ4n) is 8.58. The maximum absolute atomic E-state index is 14.5. The molecular weight excluding hydrogens is 781 g/mol. The van der Waals surface area contributed by atoms with Crippen molar-refractivity contribution in [1.82, 2.24) is 40.1 Å². The molecule has 4 amide bonds. The minimum Gasteiger partial charge on any atom is -0.464 e. The number of thiazole rings is 1. The van der Waals surface area contributed by atoms with Crippen molar-refractivity contribution in [2.24, 2.45) is 11.3 Å². The van der Waals surface area contributed by atoms with Crippen LogP contribution in [0.5, 0.6) is 0 Å². The maximum atomic E-state index is 14.5. The second kappa shape index (κ2) is 18.8. The molecule has 2 aliphatic heterocycles. The number of nitrogens with zero attached hydrogens (tertiary/aromatic N) is 6. The summed E-state index contributed by atoms with van der Waals surface area (Å²) in [5.74, 6) is -1.52. The summed E-state index contributed by atoms with van der Waals surface area (Å²) in [5.41, 5.74) is 9.38. The van der Waals surface area contributed by atoms with Crippen LogP contribution in [0.25, 0.3) is 33.4 Å². The molecule has 0 aliphatic carbocycles. The lowest BCUT2D eigenvalue weighted by molar-refractivity contribution is -0.155. The molecule has 6 rings (SSSR count). The highest BCUT2D eigenvalue weighted by Gasteiger charge is 2.38. The highest BCUT2D eigenvalue weighted by atomic mass is 32.1. The fraction of sp³-hybridized carbons (Fsp3) is 0.556. The number of hydrogen-bond donors (Lipinski definition) is 2. The Morgan fingerprint density at radius 1 is 1.13 bits per heavy atom. The van der Waals surface area contributed by atoms with Crippen molar-refractivity contribution in [3.8, 4) is 22.5 Å². The number of amides is 4. The van der Waals surface area contributed by atoms with Gasteiger partial charge >= 0.3 is 12.0 Å². The van der Waals surface area contributed by atoms with E-state index in [2.05, 4.69) is 60.3 Å². The van der Waals surface area contributed by atoms with E-state index in [0.717, 1.165) is 44.7 Å². The predicted octanol–water partition coefficient (Wildman–Crippen LogP) is 6.62. The first-order valence-electron chi connectivity index (χ1n) is 21.3. The third-order valence-corrected chi connectivity index (χ3v) is 12.7. The number of hydrazine groups is 1. The van der Waals surface area contributed by atoms with Crippen molar-refractivity contribution >= 4 is 46.1 Å². The van der Waals surface area contributed by atoms with E-state index in [9.17, 15) is 19.2 Å². The molecule has 2 N–H and O–H groups in total. The number of methoxy groups -OCH3 is 1. The second-order valence-electron chi connectivity index (χ2n) is 17.0. The van der Waals surface area contributed by atoms with Gasteiger partial charge in [-0.25, -0.2) is 15.2 Å². The number of hydrogen-bond acceptors (Lipinski definition) is 10. The molecule has 4 aromatic rings. The van der Waals surface area contributed by atoms with E-state index in [4.69, 9.17) is 19.4 Å². The molecule has 4 atom stereocenters. The molecule has 5 heterocycles. The van der Waals surface area contributed by atoms with Crippen LogP contribution in [-0.2, 0) is 43.2 Å². The number of rotatable bonds is 10. The summed E-state index contributed by atoms with van der Waals surface area (Å²) in [5, 5.41) is 8.17. The monoisotopic (exact) mass is 842 g/mol. The van der Waals surface area contributed by atoms with E-state index in [-0.39, 0.29) is 31.1 Å². The highest BCUT2D eigenvalue weighted by molar-refractivity contribution is 7.10. The Balaban J connectivity index is 1.45. The van der Waals surface area contributed by atoms with Crippen LogP contribution in [0.4, 0.5) is 4.79 Å². The predicted molar refractivity (Wildman–Crippen MR) is 234 cm³/mol. The van der Waals surface area contributed by atoms with Crippen molar-refractivity contribution < 1.29 is 28.7 Å².